The molecule has 0 radical (unpaired) electrons. The Morgan fingerprint density at radius 2 is 0.950 bits per heavy atom. The third-order valence-corrected chi connectivity index (χ3v) is 1.29. The van der Waals surface area contributed by atoms with E-state index in [1.54, 1.807) is 0 Å². The van der Waals surface area contributed by atoms with Crippen molar-refractivity contribution in [1.82, 2.24) is 0 Å². The molecule has 0 aromatic rings. The van der Waals surface area contributed by atoms with E-state index in [1.165, 1.54) is 0 Å². The van der Waals surface area contributed by atoms with E-state index >= 15 is 0 Å². The van der Waals surface area contributed by atoms with Crippen LogP contribution in [0.3, 0.4) is 0 Å². The van der Waals surface area contributed by atoms with Crippen LogP contribution in [0.5, 0.6) is 0 Å². The molecule has 0 atom stereocenters. The fourth-order valence-electron chi connectivity index (χ4n) is 0.714. The molecule has 0 aliphatic rings. The number of hydrogen-bond donors (Lipinski definition) is 4. The Bertz CT molecular complexity index is 247. The van der Waals surface area contributed by atoms with Crippen molar-refractivity contribution in [2.24, 2.45) is 0 Å². The summed E-state index contributed by atoms with van der Waals surface area (Å²) in [4.78, 5) is 30.5. The van der Waals surface area contributed by atoms with Crippen molar-refractivity contribution in [1.29, 1.82) is 0 Å². The Kier molecular flexibility index (Phi) is 51.5. The van der Waals surface area contributed by atoms with E-state index in [4.69, 9.17) is 20.4 Å². The summed E-state index contributed by atoms with van der Waals surface area (Å²) in [5.74, 6) is -5.02. The van der Waals surface area contributed by atoms with Gasteiger partial charge in [0.2, 0.25) is 0 Å². The molecule has 0 aromatic heterocycles. The first-order valence-electron chi connectivity index (χ1n) is 3.17. The zero-order chi connectivity index (χ0) is 10.6. The number of aliphatic hydroxyl groups is 1. The van der Waals surface area contributed by atoms with E-state index in [0.29, 0.717) is 0 Å². The second-order valence-corrected chi connectivity index (χ2v) is 2.48. The van der Waals surface area contributed by atoms with Crippen LogP contribution in [0.15, 0.2) is 0 Å². The Morgan fingerprint density at radius 1 is 0.750 bits per heavy atom. The minimum atomic E-state index is -2.74. The van der Waals surface area contributed by atoms with Crippen LogP contribution >= 0.6 is 0 Å². The van der Waals surface area contributed by atoms with Crippen LogP contribution in [0.2, 0.25) is 0 Å². The molecule has 0 bridgehead atoms. The largest absolute Gasteiger partial charge is 2.00 e. The SMILES string of the molecule is O.O.O.O.O.O.O=C(O)CC(O)(CC(=O)O)C(=O)O.[H-].[H-].[Mg+2]. The van der Waals surface area contributed by atoms with Gasteiger partial charge in [0.25, 0.3) is 0 Å². The van der Waals surface area contributed by atoms with Crippen molar-refractivity contribution in [3.63, 3.8) is 0 Å². The first-order valence-corrected chi connectivity index (χ1v) is 3.17. The van der Waals surface area contributed by atoms with E-state index in [2.05, 4.69) is 0 Å². The summed E-state index contributed by atoms with van der Waals surface area (Å²) in [7, 11) is 0. The number of aliphatic carboxylic acids is 3. The summed E-state index contributed by atoms with van der Waals surface area (Å²) in [6.45, 7) is 0. The van der Waals surface area contributed by atoms with Gasteiger partial charge >= 0.3 is 41.0 Å². The molecule has 0 aromatic carbocycles. The normalized spacial score (nSPS) is 7.05. The molecule has 0 aliphatic heterocycles. The van der Waals surface area contributed by atoms with Crippen LogP contribution in [0.1, 0.15) is 15.7 Å². The number of carboxylic acids is 3. The molecule has 0 fully saturated rings. The van der Waals surface area contributed by atoms with Gasteiger partial charge in [0.05, 0.1) is 12.8 Å². The molecule has 13 nitrogen and oxygen atoms in total. The van der Waals surface area contributed by atoms with Gasteiger partial charge in [0, 0.05) is 0 Å². The van der Waals surface area contributed by atoms with Crippen LogP contribution in [-0.4, -0.2) is 99.8 Å². The third kappa shape index (κ3) is 19.2. The van der Waals surface area contributed by atoms with Gasteiger partial charge in [-0.3, -0.25) is 9.59 Å². The smallest absolute Gasteiger partial charge is 1.00 e. The maximum atomic E-state index is 10.3. The number of hydrogen-bond acceptors (Lipinski definition) is 4. The number of carbonyl (C=O) groups is 3. The summed E-state index contributed by atoms with van der Waals surface area (Å²) >= 11 is 0. The molecule has 0 heterocycles. The van der Waals surface area contributed by atoms with Gasteiger partial charge in [0.15, 0.2) is 5.60 Å². The van der Waals surface area contributed by atoms with Gasteiger partial charge < -0.3 is 56.1 Å². The van der Waals surface area contributed by atoms with E-state index in [-0.39, 0.29) is 58.8 Å². The molecule has 0 saturated carbocycles. The molecule has 0 saturated heterocycles. The quantitative estimate of drug-likeness (QED) is 0.353. The summed E-state index contributed by atoms with van der Waals surface area (Å²) in [5.41, 5.74) is -2.74. The van der Waals surface area contributed by atoms with Crippen molar-refractivity contribution in [2.75, 3.05) is 0 Å². The van der Waals surface area contributed by atoms with Gasteiger partial charge in [0.1, 0.15) is 0 Å². The fourth-order valence-corrected chi connectivity index (χ4v) is 0.714. The molecule has 0 aliphatic carbocycles. The standard InChI is InChI=1S/C6H8O7.Mg.6H2O.2H/c7-3(8)1-6(13,5(11)12)2-4(9)10;;;;;;;;;/h13H,1-2H2,(H,7,8)(H,9,10)(H,11,12);;6*1H2;;/q;+2;;;;;;;2*-1. The summed E-state index contributed by atoms with van der Waals surface area (Å²) in [5, 5.41) is 33.8. The van der Waals surface area contributed by atoms with Crippen LogP contribution in [0, 0.1) is 0 Å². The first kappa shape index (κ1) is 51.0. The van der Waals surface area contributed by atoms with E-state index < -0.39 is 36.4 Å². The van der Waals surface area contributed by atoms with Gasteiger partial charge in [-0.25, -0.2) is 4.79 Å². The van der Waals surface area contributed by atoms with Crippen molar-refractivity contribution < 1.29 is 70.5 Å². The Balaban J connectivity index is -0.0000000200. The Labute approximate surface area is 130 Å². The molecular weight excluding hydrogens is 304 g/mol. The predicted octanol–water partition coefficient (Wildman–Crippen LogP) is -6.35. The van der Waals surface area contributed by atoms with Gasteiger partial charge in [-0.05, 0) is 0 Å². The minimum absolute atomic E-state index is 0. The summed E-state index contributed by atoms with van der Waals surface area (Å²) < 4.78 is 0. The molecule has 14 heteroatoms. The molecule has 20 heavy (non-hydrogen) atoms. The Hall–Kier alpha value is -1.10. The second-order valence-electron chi connectivity index (χ2n) is 2.48. The zero-order valence-corrected chi connectivity index (χ0v) is 11.5. The number of carboxylic acid groups (broad SMARTS) is 3. The summed E-state index contributed by atoms with van der Waals surface area (Å²) in [6.07, 6.45) is -2.29. The van der Waals surface area contributed by atoms with Crippen LogP contribution in [0.25, 0.3) is 0 Å². The third-order valence-electron chi connectivity index (χ3n) is 1.29. The molecule has 0 amide bonds. The van der Waals surface area contributed by atoms with E-state index in [0.717, 1.165) is 0 Å². The molecule has 126 valence electrons. The van der Waals surface area contributed by atoms with Gasteiger partial charge in [-0.1, -0.05) is 0 Å². The maximum absolute atomic E-state index is 10.3. The van der Waals surface area contributed by atoms with Gasteiger partial charge in [-0.15, -0.1) is 0 Å². The predicted molar refractivity (Wildman–Crippen MR) is 66.8 cm³/mol. The van der Waals surface area contributed by atoms with Crippen molar-refractivity contribution >= 4 is 41.0 Å². The Morgan fingerprint density at radius 3 is 1.05 bits per heavy atom. The zero-order valence-electron chi connectivity index (χ0n) is 12.1. The van der Waals surface area contributed by atoms with Crippen LogP contribution < -0.4 is 0 Å². The minimum Gasteiger partial charge on any atom is -1.00 e. The molecular formula is C6H22MgO13. The molecule has 16 N–H and O–H groups in total. The topological polar surface area (TPSA) is 321 Å². The molecule has 0 spiro atoms. The average Bonchev–Trinajstić information content (AvgIpc) is 1.82. The van der Waals surface area contributed by atoms with E-state index in [9.17, 15) is 14.4 Å². The number of rotatable bonds is 5. The second kappa shape index (κ2) is 20.2. The fraction of sp³-hybridized carbons (Fsp3) is 0.500. The van der Waals surface area contributed by atoms with Crippen molar-refractivity contribution in [3.8, 4) is 0 Å². The maximum Gasteiger partial charge on any atom is 2.00 e. The van der Waals surface area contributed by atoms with Crippen molar-refractivity contribution in [2.45, 2.75) is 18.4 Å². The van der Waals surface area contributed by atoms with Gasteiger partial charge in [-0.2, -0.15) is 0 Å². The monoisotopic (exact) mass is 326 g/mol. The van der Waals surface area contributed by atoms with E-state index in [1.807, 2.05) is 0 Å². The summed E-state index contributed by atoms with van der Waals surface area (Å²) in [6, 6.07) is 0. The van der Waals surface area contributed by atoms with Crippen LogP contribution in [0.4, 0.5) is 0 Å². The van der Waals surface area contributed by atoms with Crippen LogP contribution in [-0.2, 0) is 14.4 Å². The molecule has 0 rings (SSSR count). The van der Waals surface area contributed by atoms with Crippen molar-refractivity contribution in [3.05, 3.63) is 0 Å². The first-order chi connectivity index (χ1) is 5.78. The molecule has 0 unspecified atom stereocenters. The average molecular weight is 327 g/mol.